The number of hydrogen-bond donors (Lipinski definition) is 1. The minimum atomic E-state index is -0.335. The summed E-state index contributed by atoms with van der Waals surface area (Å²) < 4.78 is 0. The fourth-order valence-electron chi connectivity index (χ4n) is 2.90. The van der Waals surface area contributed by atoms with Gasteiger partial charge in [0.05, 0.1) is 6.04 Å². The van der Waals surface area contributed by atoms with E-state index in [0.717, 1.165) is 32.4 Å². The lowest BCUT2D eigenvalue weighted by atomic mass is 10.00. The largest absolute Gasteiger partial charge is 0.341 e. The van der Waals surface area contributed by atoms with E-state index < -0.39 is 0 Å². The Morgan fingerprint density at radius 1 is 1.37 bits per heavy atom. The first-order valence-electron chi connectivity index (χ1n) is 7.70. The molecule has 2 N–H and O–H groups in total. The Morgan fingerprint density at radius 2 is 1.95 bits per heavy atom. The van der Waals surface area contributed by atoms with Crippen molar-refractivity contribution in [3.8, 4) is 0 Å². The Balaban J connectivity index is 2.41. The van der Waals surface area contributed by atoms with Crippen LogP contribution in [0, 0.1) is 5.92 Å². The summed E-state index contributed by atoms with van der Waals surface area (Å²) in [6.45, 7) is 9.82. The standard InChI is InChI=1S/C15H31N3O/c1-5-8-18-9-6-13(7-10-18)17(4)15(19)14(16)11-12(2)3/h12-14H,5-11,16H2,1-4H3. The van der Waals surface area contributed by atoms with Crippen LogP contribution in [0.25, 0.3) is 0 Å². The molecule has 0 aromatic rings. The van der Waals surface area contributed by atoms with Crippen LogP contribution in [-0.4, -0.2) is 54.5 Å². The normalized spacial score (nSPS) is 19.7. The molecule has 1 saturated heterocycles. The zero-order chi connectivity index (χ0) is 14.4. The molecule has 0 saturated carbocycles. The molecular weight excluding hydrogens is 238 g/mol. The van der Waals surface area contributed by atoms with Crippen LogP contribution in [0.3, 0.4) is 0 Å². The van der Waals surface area contributed by atoms with Crippen molar-refractivity contribution in [1.82, 2.24) is 9.80 Å². The summed E-state index contributed by atoms with van der Waals surface area (Å²) in [5.74, 6) is 0.585. The van der Waals surface area contributed by atoms with Gasteiger partial charge in [0.2, 0.25) is 5.91 Å². The average Bonchev–Trinajstić information content (AvgIpc) is 2.37. The van der Waals surface area contributed by atoms with E-state index in [9.17, 15) is 4.79 Å². The molecule has 1 fully saturated rings. The Kier molecular flexibility index (Phi) is 6.80. The topological polar surface area (TPSA) is 49.6 Å². The number of rotatable bonds is 6. The number of hydrogen-bond acceptors (Lipinski definition) is 3. The quantitative estimate of drug-likeness (QED) is 0.798. The van der Waals surface area contributed by atoms with E-state index in [1.807, 2.05) is 11.9 Å². The predicted octanol–water partition coefficient (Wildman–Crippen LogP) is 1.69. The fourth-order valence-corrected chi connectivity index (χ4v) is 2.90. The number of carbonyl (C=O) groups excluding carboxylic acids is 1. The molecule has 1 aliphatic heterocycles. The molecule has 1 rings (SSSR count). The Morgan fingerprint density at radius 3 is 2.42 bits per heavy atom. The number of nitrogens with zero attached hydrogens (tertiary/aromatic N) is 2. The van der Waals surface area contributed by atoms with Crippen molar-refractivity contribution < 1.29 is 4.79 Å². The summed E-state index contributed by atoms with van der Waals surface area (Å²) in [6.07, 6.45) is 4.14. The second kappa shape index (κ2) is 7.85. The van der Waals surface area contributed by atoms with Crippen LogP contribution in [0.1, 0.15) is 46.5 Å². The SMILES string of the molecule is CCCN1CCC(N(C)C(=O)C(N)CC(C)C)CC1. The molecule has 1 unspecified atom stereocenters. The molecule has 0 aliphatic carbocycles. The van der Waals surface area contributed by atoms with Crippen LogP contribution in [-0.2, 0) is 4.79 Å². The smallest absolute Gasteiger partial charge is 0.239 e. The number of likely N-dealkylation sites (tertiary alicyclic amines) is 1. The van der Waals surface area contributed by atoms with Crippen molar-refractivity contribution in [2.24, 2.45) is 11.7 Å². The summed E-state index contributed by atoms with van der Waals surface area (Å²) in [7, 11) is 1.92. The molecule has 4 heteroatoms. The van der Waals surface area contributed by atoms with E-state index in [1.54, 1.807) is 0 Å². The lowest BCUT2D eigenvalue weighted by Gasteiger charge is -2.37. The maximum Gasteiger partial charge on any atom is 0.239 e. The first-order valence-corrected chi connectivity index (χ1v) is 7.70. The molecule has 1 heterocycles. The highest BCUT2D eigenvalue weighted by atomic mass is 16.2. The summed E-state index contributed by atoms with van der Waals surface area (Å²) in [5.41, 5.74) is 6.00. The van der Waals surface area contributed by atoms with E-state index in [2.05, 4.69) is 25.7 Å². The third-order valence-electron chi connectivity index (χ3n) is 4.03. The van der Waals surface area contributed by atoms with E-state index in [0.29, 0.717) is 12.0 Å². The molecule has 1 amide bonds. The van der Waals surface area contributed by atoms with Gasteiger partial charge in [-0.3, -0.25) is 4.79 Å². The molecule has 112 valence electrons. The minimum Gasteiger partial charge on any atom is -0.341 e. The Hall–Kier alpha value is -0.610. The van der Waals surface area contributed by atoms with Crippen molar-refractivity contribution in [3.63, 3.8) is 0 Å². The lowest BCUT2D eigenvalue weighted by Crippen LogP contribution is -2.50. The van der Waals surface area contributed by atoms with Crippen LogP contribution >= 0.6 is 0 Å². The molecule has 0 radical (unpaired) electrons. The second-order valence-corrected chi connectivity index (χ2v) is 6.26. The first kappa shape index (κ1) is 16.4. The van der Waals surface area contributed by atoms with Crippen LogP contribution in [0.5, 0.6) is 0 Å². The molecular formula is C15H31N3O. The van der Waals surface area contributed by atoms with Gasteiger partial charge in [0.1, 0.15) is 0 Å². The maximum atomic E-state index is 12.3. The van der Waals surface area contributed by atoms with Crippen LogP contribution in [0.4, 0.5) is 0 Å². The van der Waals surface area contributed by atoms with E-state index in [4.69, 9.17) is 5.73 Å². The minimum absolute atomic E-state index is 0.114. The molecule has 4 nitrogen and oxygen atoms in total. The molecule has 0 spiro atoms. The average molecular weight is 269 g/mol. The Bertz CT molecular complexity index is 273. The van der Waals surface area contributed by atoms with Gasteiger partial charge < -0.3 is 15.5 Å². The molecule has 0 aromatic heterocycles. The summed E-state index contributed by atoms with van der Waals surface area (Å²) in [6, 6.07) is 0.0393. The lowest BCUT2D eigenvalue weighted by molar-refractivity contribution is -0.134. The van der Waals surface area contributed by atoms with Gasteiger partial charge in [0, 0.05) is 26.2 Å². The van der Waals surface area contributed by atoms with Gasteiger partial charge in [0.25, 0.3) is 0 Å². The van der Waals surface area contributed by atoms with E-state index in [-0.39, 0.29) is 11.9 Å². The van der Waals surface area contributed by atoms with Gasteiger partial charge in [0.15, 0.2) is 0 Å². The van der Waals surface area contributed by atoms with Gasteiger partial charge in [-0.25, -0.2) is 0 Å². The highest BCUT2D eigenvalue weighted by molar-refractivity contribution is 5.81. The monoisotopic (exact) mass is 269 g/mol. The zero-order valence-electron chi connectivity index (χ0n) is 13.1. The van der Waals surface area contributed by atoms with Gasteiger partial charge in [-0.1, -0.05) is 20.8 Å². The third-order valence-corrected chi connectivity index (χ3v) is 4.03. The van der Waals surface area contributed by atoms with Gasteiger partial charge in [-0.05, 0) is 38.1 Å². The molecule has 1 atom stereocenters. The highest BCUT2D eigenvalue weighted by Crippen LogP contribution is 2.17. The molecule has 19 heavy (non-hydrogen) atoms. The zero-order valence-corrected chi connectivity index (χ0v) is 13.1. The van der Waals surface area contributed by atoms with Crippen LogP contribution in [0.2, 0.25) is 0 Å². The van der Waals surface area contributed by atoms with Crippen molar-refractivity contribution >= 4 is 5.91 Å². The third kappa shape index (κ3) is 5.11. The predicted molar refractivity (Wildman–Crippen MR) is 80.0 cm³/mol. The molecule has 1 aliphatic rings. The number of carbonyl (C=O) groups is 1. The number of nitrogens with two attached hydrogens (primary N) is 1. The first-order chi connectivity index (χ1) is 8.95. The summed E-state index contributed by atoms with van der Waals surface area (Å²) in [4.78, 5) is 16.7. The van der Waals surface area contributed by atoms with Crippen LogP contribution in [0.15, 0.2) is 0 Å². The number of piperidine rings is 1. The van der Waals surface area contributed by atoms with Crippen molar-refractivity contribution in [2.45, 2.75) is 58.5 Å². The fraction of sp³-hybridized carbons (Fsp3) is 0.933. The van der Waals surface area contributed by atoms with Crippen molar-refractivity contribution in [3.05, 3.63) is 0 Å². The van der Waals surface area contributed by atoms with Crippen LogP contribution < -0.4 is 5.73 Å². The number of likely N-dealkylation sites (N-methyl/N-ethyl adjacent to an activating group) is 1. The highest BCUT2D eigenvalue weighted by Gasteiger charge is 2.27. The van der Waals surface area contributed by atoms with E-state index in [1.165, 1.54) is 13.0 Å². The van der Waals surface area contributed by atoms with E-state index >= 15 is 0 Å². The Labute approximate surface area is 118 Å². The number of amides is 1. The summed E-state index contributed by atoms with van der Waals surface area (Å²) >= 11 is 0. The molecule has 0 aromatic carbocycles. The maximum absolute atomic E-state index is 12.3. The van der Waals surface area contributed by atoms with Crippen molar-refractivity contribution in [1.29, 1.82) is 0 Å². The molecule has 0 bridgehead atoms. The second-order valence-electron chi connectivity index (χ2n) is 6.26. The van der Waals surface area contributed by atoms with Gasteiger partial charge >= 0.3 is 0 Å². The van der Waals surface area contributed by atoms with Gasteiger partial charge in [-0.2, -0.15) is 0 Å². The van der Waals surface area contributed by atoms with Crippen molar-refractivity contribution in [2.75, 3.05) is 26.7 Å². The van der Waals surface area contributed by atoms with Gasteiger partial charge in [-0.15, -0.1) is 0 Å². The summed E-state index contributed by atoms with van der Waals surface area (Å²) in [5, 5.41) is 0.